The molecule has 3 heterocycles. The monoisotopic (exact) mass is 454 g/mol. The second-order valence-electron chi connectivity index (χ2n) is 8.72. The van der Waals surface area contributed by atoms with Gasteiger partial charge in [0.1, 0.15) is 0 Å². The number of anilines is 2. The van der Waals surface area contributed by atoms with Crippen LogP contribution in [0.2, 0.25) is 0 Å². The van der Waals surface area contributed by atoms with E-state index in [2.05, 4.69) is 30.2 Å². The Hall–Kier alpha value is -2.74. The molecule has 1 aromatic heterocycles. The van der Waals surface area contributed by atoms with Crippen LogP contribution >= 0.6 is 11.3 Å². The second kappa shape index (κ2) is 9.81. The van der Waals surface area contributed by atoms with Gasteiger partial charge in [0.25, 0.3) is 0 Å². The van der Waals surface area contributed by atoms with Gasteiger partial charge in [0.2, 0.25) is 17.7 Å². The highest BCUT2D eigenvalue weighted by Gasteiger charge is 2.39. The molecule has 0 aliphatic carbocycles. The molecule has 0 saturated carbocycles. The number of hydrogen-bond donors (Lipinski definition) is 1. The first-order valence-corrected chi connectivity index (χ1v) is 12.2. The first-order valence-electron chi connectivity index (χ1n) is 11.4. The average molecular weight is 455 g/mol. The van der Waals surface area contributed by atoms with Crippen LogP contribution in [0.3, 0.4) is 0 Å². The highest BCUT2D eigenvalue weighted by molar-refractivity contribution is 7.13. The number of para-hydroxylation sites is 1. The lowest BCUT2D eigenvalue weighted by Crippen LogP contribution is -2.46. The smallest absolute Gasteiger partial charge is 0.231 e. The van der Waals surface area contributed by atoms with Crippen LogP contribution < -0.4 is 10.2 Å². The van der Waals surface area contributed by atoms with Gasteiger partial charge in [0.15, 0.2) is 5.13 Å². The van der Waals surface area contributed by atoms with E-state index in [9.17, 15) is 14.4 Å². The summed E-state index contributed by atoms with van der Waals surface area (Å²) < 4.78 is 0. The topological polar surface area (TPSA) is 82.6 Å². The summed E-state index contributed by atoms with van der Waals surface area (Å²) in [5.74, 6) is -0.399. The minimum Gasteiger partial charge on any atom is -0.342 e. The van der Waals surface area contributed by atoms with E-state index in [1.165, 1.54) is 11.3 Å². The van der Waals surface area contributed by atoms with Gasteiger partial charge < -0.3 is 15.1 Å². The predicted octanol–water partition coefficient (Wildman–Crippen LogP) is 3.89. The van der Waals surface area contributed by atoms with Crippen molar-refractivity contribution in [3.63, 3.8) is 0 Å². The zero-order valence-corrected chi connectivity index (χ0v) is 19.4. The summed E-state index contributed by atoms with van der Waals surface area (Å²) in [7, 11) is 0. The van der Waals surface area contributed by atoms with Crippen LogP contribution in [0.15, 0.2) is 35.8 Å². The summed E-state index contributed by atoms with van der Waals surface area (Å²) >= 11 is 1.38. The maximum absolute atomic E-state index is 13.3. The molecule has 3 amide bonds. The van der Waals surface area contributed by atoms with Crippen LogP contribution in [0.1, 0.15) is 51.0 Å². The predicted molar refractivity (Wildman–Crippen MR) is 126 cm³/mol. The number of carbonyl (C=O) groups excluding carboxylic acids is 3. The van der Waals surface area contributed by atoms with Gasteiger partial charge in [-0.2, -0.15) is 0 Å². The Morgan fingerprint density at radius 3 is 2.81 bits per heavy atom. The lowest BCUT2D eigenvalue weighted by Gasteiger charge is -2.33. The SMILES string of the molecule is CCC(C)c1ccccc1N1CC(C(=O)N2CCCC(C(=O)Nc3nccs3)C2)CC1=O. The van der Waals surface area contributed by atoms with Gasteiger partial charge in [-0.1, -0.05) is 32.0 Å². The fraction of sp³-hybridized carbons (Fsp3) is 0.500. The molecule has 7 nitrogen and oxygen atoms in total. The molecule has 0 spiro atoms. The first kappa shape index (κ1) is 22.5. The molecule has 2 aliphatic heterocycles. The lowest BCUT2D eigenvalue weighted by molar-refractivity contribution is -0.138. The molecular weight excluding hydrogens is 424 g/mol. The Bertz CT molecular complexity index is 977. The van der Waals surface area contributed by atoms with E-state index in [0.29, 0.717) is 30.7 Å². The number of nitrogens with zero attached hydrogens (tertiary/aromatic N) is 3. The Morgan fingerprint density at radius 2 is 2.06 bits per heavy atom. The Kier molecular flexibility index (Phi) is 6.89. The van der Waals surface area contributed by atoms with Crippen molar-refractivity contribution >= 4 is 39.9 Å². The molecule has 1 N–H and O–H groups in total. The van der Waals surface area contributed by atoms with Gasteiger partial charge in [0, 0.05) is 43.3 Å². The molecule has 0 bridgehead atoms. The molecule has 170 valence electrons. The van der Waals surface area contributed by atoms with Crippen LogP contribution in [-0.4, -0.2) is 47.2 Å². The van der Waals surface area contributed by atoms with E-state index in [4.69, 9.17) is 0 Å². The number of rotatable bonds is 6. The number of nitrogens with one attached hydrogen (secondary N) is 1. The van der Waals surface area contributed by atoms with Gasteiger partial charge in [-0.15, -0.1) is 11.3 Å². The van der Waals surface area contributed by atoms with E-state index in [-0.39, 0.29) is 36.0 Å². The number of hydrogen-bond acceptors (Lipinski definition) is 5. The molecule has 0 radical (unpaired) electrons. The number of carbonyl (C=O) groups is 3. The highest BCUT2D eigenvalue weighted by atomic mass is 32.1. The third kappa shape index (κ3) is 4.70. The van der Waals surface area contributed by atoms with Gasteiger partial charge in [0.05, 0.1) is 11.8 Å². The first-order chi connectivity index (χ1) is 15.5. The van der Waals surface area contributed by atoms with Crippen molar-refractivity contribution < 1.29 is 14.4 Å². The van der Waals surface area contributed by atoms with Crippen molar-refractivity contribution in [2.45, 2.75) is 45.4 Å². The summed E-state index contributed by atoms with van der Waals surface area (Å²) in [5, 5.41) is 5.24. The van der Waals surface area contributed by atoms with Crippen molar-refractivity contribution in [1.82, 2.24) is 9.88 Å². The zero-order chi connectivity index (χ0) is 22.7. The molecule has 3 atom stereocenters. The molecule has 32 heavy (non-hydrogen) atoms. The van der Waals surface area contributed by atoms with Gasteiger partial charge in [-0.3, -0.25) is 14.4 Å². The minimum atomic E-state index is -0.367. The molecule has 4 rings (SSSR count). The van der Waals surface area contributed by atoms with E-state index in [1.807, 2.05) is 23.6 Å². The molecular formula is C24H30N4O3S. The number of piperidine rings is 1. The average Bonchev–Trinajstić information content (AvgIpc) is 3.47. The summed E-state index contributed by atoms with van der Waals surface area (Å²) in [6.07, 6.45) is 4.39. The molecule has 1 aromatic carbocycles. The van der Waals surface area contributed by atoms with E-state index in [1.54, 1.807) is 16.0 Å². The molecule has 2 aromatic rings. The molecule has 3 unspecified atom stereocenters. The van der Waals surface area contributed by atoms with Crippen molar-refractivity contribution in [2.75, 3.05) is 29.9 Å². The maximum Gasteiger partial charge on any atom is 0.231 e. The van der Waals surface area contributed by atoms with Crippen molar-refractivity contribution in [3.8, 4) is 0 Å². The summed E-state index contributed by atoms with van der Waals surface area (Å²) in [4.78, 5) is 46.4. The van der Waals surface area contributed by atoms with E-state index < -0.39 is 0 Å². The highest BCUT2D eigenvalue weighted by Crippen LogP contribution is 2.34. The summed E-state index contributed by atoms with van der Waals surface area (Å²) in [6, 6.07) is 7.99. The van der Waals surface area contributed by atoms with Crippen LogP contribution in [0, 0.1) is 11.8 Å². The Labute approximate surface area is 192 Å². The zero-order valence-electron chi connectivity index (χ0n) is 18.6. The fourth-order valence-electron chi connectivity index (χ4n) is 4.62. The quantitative estimate of drug-likeness (QED) is 0.718. The van der Waals surface area contributed by atoms with Gasteiger partial charge in [-0.05, 0) is 36.8 Å². The molecule has 2 saturated heterocycles. The van der Waals surface area contributed by atoms with Crippen LogP contribution in [-0.2, 0) is 14.4 Å². The molecule has 8 heteroatoms. The third-order valence-corrected chi connectivity index (χ3v) is 7.30. The van der Waals surface area contributed by atoms with Gasteiger partial charge >= 0.3 is 0 Å². The maximum atomic E-state index is 13.3. The summed E-state index contributed by atoms with van der Waals surface area (Å²) in [5.41, 5.74) is 2.06. The third-order valence-electron chi connectivity index (χ3n) is 6.61. The number of likely N-dealkylation sites (tertiary alicyclic amines) is 1. The summed E-state index contributed by atoms with van der Waals surface area (Å²) in [6.45, 7) is 5.72. The van der Waals surface area contributed by atoms with E-state index >= 15 is 0 Å². The normalized spacial score (nSPS) is 22.1. The standard InChI is InChI=1S/C24H30N4O3S/c1-3-16(2)19-8-4-5-9-20(19)28-15-18(13-21(28)29)23(31)27-11-6-7-17(14-27)22(30)26-24-25-10-12-32-24/h4-5,8-10,12,16-18H,3,6-7,11,13-15H2,1-2H3,(H,25,26,30). The van der Waals surface area contributed by atoms with Crippen LogP contribution in [0.4, 0.5) is 10.8 Å². The Balaban J connectivity index is 1.42. The molecule has 2 fully saturated rings. The van der Waals surface area contributed by atoms with Crippen LogP contribution in [0.25, 0.3) is 0 Å². The van der Waals surface area contributed by atoms with Crippen LogP contribution in [0.5, 0.6) is 0 Å². The number of benzene rings is 1. The number of amides is 3. The second-order valence-corrected chi connectivity index (χ2v) is 9.62. The van der Waals surface area contributed by atoms with Crippen molar-refractivity contribution in [1.29, 1.82) is 0 Å². The number of aromatic nitrogens is 1. The van der Waals surface area contributed by atoms with Gasteiger partial charge in [-0.25, -0.2) is 4.98 Å². The fourth-order valence-corrected chi connectivity index (χ4v) is 5.15. The number of thiazole rings is 1. The Morgan fingerprint density at radius 1 is 1.25 bits per heavy atom. The molecule has 2 aliphatic rings. The largest absolute Gasteiger partial charge is 0.342 e. The van der Waals surface area contributed by atoms with Crippen molar-refractivity contribution in [2.24, 2.45) is 11.8 Å². The minimum absolute atomic E-state index is 0.00539. The van der Waals surface area contributed by atoms with Crippen molar-refractivity contribution in [3.05, 3.63) is 41.4 Å². The lowest BCUT2D eigenvalue weighted by atomic mass is 9.95. The van der Waals surface area contributed by atoms with E-state index in [0.717, 1.165) is 30.5 Å².